The van der Waals surface area contributed by atoms with Crippen molar-refractivity contribution in [2.24, 2.45) is 5.73 Å². The maximum absolute atomic E-state index is 12.7. The number of nitrogens with two attached hydrogens (primary N) is 1. The van der Waals surface area contributed by atoms with Gasteiger partial charge >= 0.3 is 0 Å². The number of aromatic hydroxyl groups is 1. The second-order valence-corrected chi connectivity index (χ2v) is 7.67. The molecule has 1 aliphatic carbocycles. The molecule has 1 aromatic heterocycles. The Kier molecular flexibility index (Phi) is 6.20. The Labute approximate surface area is 172 Å². The van der Waals surface area contributed by atoms with Gasteiger partial charge in [0.2, 0.25) is 0 Å². The van der Waals surface area contributed by atoms with E-state index in [2.05, 4.69) is 5.32 Å². The van der Waals surface area contributed by atoms with Crippen LogP contribution in [0.25, 0.3) is 6.08 Å². The number of anilines is 1. The van der Waals surface area contributed by atoms with Crippen molar-refractivity contribution in [3.05, 3.63) is 45.3 Å². The van der Waals surface area contributed by atoms with Crippen LogP contribution < -0.4 is 15.8 Å². The molecule has 1 aromatic carbocycles. The Hall–Kier alpha value is -3.31. The fourth-order valence-electron chi connectivity index (χ4n) is 3.29. The predicted octanol–water partition coefficient (Wildman–Crippen LogP) is 3.38. The first-order valence-electron chi connectivity index (χ1n) is 9.27. The molecule has 0 bridgehead atoms. The Balaban J connectivity index is 1.89. The van der Waals surface area contributed by atoms with Crippen molar-refractivity contribution in [1.29, 1.82) is 5.26 Å². The van der Waals surface area contributed by atoms with E-state index < -0.39 is 11.8 Å². The van der Waals surface area contributed by atoms with Gasteiger partial charge in [-0.05, 0) is 61.9 Å². The van der Waals surface area contributed by atoms with Crippen LogP contribution in [0.5, 0.6) is 11.5 Å². The summed E-state index contributed by atoms with van der Waals surface area (Å²) in [5.74, 6) is -0.968. The lowest BCUT2D eigenvalue weighted by Gasteiger charge is -2.11. The van der Waals surface area contributed by atoms with Crippen LogP contribution in [0, 0.1) is 11.3 Å². The summed E-state index contributed by atoms with van der Waals surface area (Å²) in [6.07, 6.45) is 5.02. The van der Waals surface area contributed by atoms with E-state index in [9.17, 15) is 20.0 Å². The molecule has 0 atom stereocenters. The number of phenolic OH excluding ortho intramolecular Hbond substituents is 1. The van der Waals surface area contributed by atoms with Crippen molar-refractivity contribution in [2.45, 2.75) is 32.6 Å². The summed E-state index contributed by atoms with van der Waals surface area (Å²) in [5, 5.41) is 22.3. The summed E-state index contributed by atoms with van der Waals surface area (Å²) in [4.78, 5) is 25.7. The molecule has 0 spiro atoms. The molecule has 0 unspecified atom stereocenters. The third kappa shape index (κ3) is 4.41. The van der Waals surface area contributed by atoms with E-state index in [1.165, 1.54) is 23.5 Å². The zero-order valence-corrected chi connectivity index (χ0v) is 16.8. The van der Waals surface area contributed by atoms with Gasteiger partial charge in [0.25, 0.3) is 11.8 Å². The van der Waals surface area contributed by atoms with Crippen LogP contribution in [-0.4, -0.2) is 23.5 Å². The number of aryl methyl sites for hydroxylation is 1. The van der Waals surface area contributed by atoms with Gasteiger partial charge < -0.3 is 20.9 Å². The maximum atomic E-state index is 12.7. The van der Waals surface area contributed by atoms with E-state index in [1.54, 1.807) is 19.1 Å². The first-order chi connectivity index (χ1) is 13.9. The lowest BCUT2D eigenvalue weighted by atomic mass is 9.95. The summed E-state index contributed by atoms with van der Waals surface area (Å²) in [6, 6.07) is 6.43. The molecule has 7 nitrogen and oxygen atoms in total. The van der Waals surface area contributed by atoms with Crippen LogP contribution in [0.3, 0.4) is 0 Å². The second kappa shape index (κ2) is 8.80. The Morgan fingerprint density at radius 1 is 1.38 bits per heavy atom. The lowest BCUT2D eigenvalue weighted by molar-refractivity contribution is -0.112. The number of phenols is 1. The number of fused-ring (bicyclic) bond motifs is 1. The van der Waals surface area contributed by atoms with E-state index in [0.29, 0.717) is 22.7 Å². The summed E-state index contributed by atoms with van der Waals surface area (Å²) in [5.41, 5.74) is 7.19. The number of hydrogen-bond acceptors (Lipinski definition) is 6. The highest BCUT2D eigenvalue weighted by molar-refractivity contribution is 7.17. The van der Waals surface area contributed by atoms with E-state index >= 15 is 0 Å². The van der Waals surface area contributed by atoms with Crippen molar-refractivity contribution in [2.75, 3.05) is 11.9 Å². The van der Waals surface area contributed by atoms with Gasteiger partial charge in [-0.3, -0.25) is 9.59 Å². The van der Waals surface area contributed by atoms with Crippen LogP contribution in [0.1, 0.15) is 46.1 Å². The number of amides is 2. The molecule has 0 saturated carbocycles. The molecule has 150 valence electrons. The lowest BCUT2D eigenvalue weighted by Crippen LogP contribution is -2.19. The first-order valence-corrected chi connectivity index (χ1v) is 10.1. The van der Waals surface area contributed by atoms with E-state index in [0.717, 1.165) is 36.1 Å². The highest BCUT2D eigenvalue weighted by Gasteiger charge is 2.25. The number of benzene rings is 1. The largest absolute Gasteiger partial charge is 0.504 e. The molecule has 0 fully saturated rings. The highest BCUT2D eigenvalue weighted by Crippen LogP contribution is 2.38. The van der Waals surface area contributed by atoms with Gasteiger partial charge in [0.15, 0.2) is 11.5 Å². The zero-order chi connectivity index (χ0) is 21.0. The van der Waals surface area contributed by atoms with Crippen LogP contribution in [0.4, 0.5) is 5.00 Å². The fourth-order valence-corrected chi connectivity index (χ4v) is 4.58. The zero-order valence-electron chi connectivity index (χ0n) is 15.9. The van der Waals surface area contributed by atoms with E-state index in [-0.39, 0.29) is 17.1 Å². The summed E-state index contributed by atoms with van der Waals surface area (Å²) in [6.45, 7) is 2.15. The summed E-state index contributed by atoms with van der Waals surface area (Å²) < 4.78 is 5.32. The topological polar surface area (TPSA) is 125 Å². The SMILES string of the molecule is CCOc1cc(/C=C(\C#N)C(=O)Nc2sc3c(c2C(N)=O)CCCC3)ccc1O. The number of thiophene rings is 1. The fraction of sp³-hybridized carbons (Fsp3) is 0.286. The number of ether oxygens (including phenoxy) is 1. The van der Waals surface area contributed by atoms with Gasteiger partial charge in [-0.1, -0.05) is 6.07 Å². The van der Waals surface area contributed by atoms with Crippen LogP contribution in [0.15, 0.2) is 23.8 Å². The number of nitrogens with one attached hydrogen (secondary N) is 1. The van der Waals surface area contributed by atoms with E-state index in [4.69, 9.17) is 10.5 Å². The summed E-state index contributed by atoms with van der Waals surface area (Å²) in [7, 11) is 0. The third-order valence-corrected chi connectivity index (χ3v) is 5.81. The number of nitriles is 1. The number of hydrogen-bond donors (Lipinski definition) is 3. The quantitative estimate of drug-likeness (QED) is 0.496. The van der Waals surface area contributed by atoms with Crippen LogP contribution >= 0.6 is 11.3 Å². The Morgan fingerprint density at radius 2 is 2.14 bits per heavy atom. The molecule has 2 aromatic rings. The normalized spacial score (nSPS) is 13.3. The van der Waals surface area contributed by atoms with Crippen LogP contribution in [-0.2, 0) is 17.6 Å². The van der Waals surface area contributed by atoms with E-state index in [1.807, 2.05) is 6.07 Å². The molecule has 1 aliphatic rings. The van der Waals surface area contributed by atoms with Gasteiger partial charge in [-0.2, -0.15) is 5.26 Å². The Morgan fingerprint density at radius 3 is 2.83 bits per heavy atom. The third-order valence-electron chi connectivity index (χ3n) is 4.60. The van der Waals surface area contributed by atoms with Gasteiger partial charge in [0, 0.05) is 4.88 Å². The molecular formula is C21H21N3O4S. The maximum Gasteiger partial charge on any atom is 0.266 e. The minimum absolute atomic E-state index is 0.0257. The molecule has 29 heavy (non-hydrogen) atoms. The first kappa shape index (κ1) is 20.4. The van der Waals surface area contributed by atoms with Gasteiger partial charge in [-0.15, -0.1) is 11.3 Å². The molecule has 0 radical (unpaired) electrons. The van der Waals surface area contributed by atoms with Crippen LogP contribution in [0.2, 0.25) is 0 Å². The number of primary amides is 1. The molecule has 8 heteroatoms. The summed E-state index contributed by atoms with van der Waals surface area (Å²) >= 11 is 1.34. The number of rotatable bonds is 6. The number of nitrogens with zero attached hydrogens (tertiary/aromatic N) is 1. The average molecular weight is 411 g/mol. The van der Waals surface area contributed by atoms with Crippen molar-refractivity contribution >= 4 is 34.2 Å². The van der Waals surface area contributed by atoms with Crippen molar-refractivity contribution < 1.29 is 19.4 Å². The minimum Gasteiger partial charge on any atom is -0.504 e. The predicted molar refractivity (Wildman–Crippen MR) is 111 cm³/mol. The monoisotopic (exact) mass is 411 g/mol. The highest BCUT2D eigenvalue weighted by atomic mass is 32.1. The second-order valence-electron chi connectivity index (χ2n) is 6.56. The molecule has 2 amide bonds. The minimum atomic E-state index is -0.625. The molecule has 4 N–H and O–H groups in total. The Bertz CT molecular complexity index is 1030. The number of carbonyl (C=O) groups excluding carboxylic acids is 2. The molecule has 0 saturated heterocycles. The van der Waals surface area contributed by atoms with Gasteiger partial charge in [0.05, 0.1) is 12.2 Å². The molecule has 1 heterocycles. The molecular weight excluding hydrogens is 390 g/mol. The van der Waals surface area contributed by atoms with Crippen molar-refractivity contribution in [3.8, 4) is 17.6 Å². The van der Waals surface area contributed by atoms with Crippen molar-refractivity contribution in [1.82, 2.24) is 0 Å². The number of carbonyl (C=O) groups is 2. The smallest absolute Gasteiger partial charge is 0.266 e. The standard InChI is InChI=1S/C21H21N3O4S/c1-2-28-16-10-12(7-8-15(16)25)9-13(11-22)20(27)24-21-18(19(23)26)14-5-3-4-6-17(14)29-21/h7-10,25H,2-6H2,1H3,(H2,23,26)(H,24,27)/b13-9+. The molecule has 0 aliphatic heterocycles. The average Bonchev–Trinajstić information content (AvgIpc) is 3.06. The van der Waals surface area contributed by atoms with Gasteiger partial charge in [0.1, 0.15) is 16.6 Å². The van der Waals surface area contributed by atoms with Gasteiger partial charge in [-0.25, -0.2) is 0 Å². The van der Waals surface area contributed by atoms with Crippen molar-refractivity contribution in [3.63, 3.8) is 0 Å². The molecule has 3 rings (SSSR count).